The summed E-state index contributed by atoms with van der Waals surface area (Å²) in [5.74, 6) is 8.29. The van der Waals surface area contributed by atoms with Gasteiger partial charge in [0.05, 0.1) is 19.9 Å². The highest BCUT2D eigenvalue weighted by molar-refractivity contribution is 5.73. The largest absolute Gasteiger partial charge is 0.497 e. The van der Waals surface area contributed by atoms with Gasteiger partial charge in [0.1, 0.15) is 23.9 Å². The maximum absolute atomic E-state index is 6.11. The summed E-state index contributed by atoms with van der Waals surface area (Å²) in [6, 6.07) is 19.7. The third kappa shape index (κ3) is 4.21. The lowest BCUT2D eigenvalue weighted by Gasteiger charge is -2.19. The molecule has 5 nitrogen and oxygen atoms in total. The minimum atomic E-state index is 0.424. The van der Waals surface area contributed by atoms with Gasteiger partial charge in [-0.15, -0.1) is 0 Å². The second-order valence-corrected chi connectivity index (χ2v) is 6.57. The van der Waals surface area contributed by atoms with Gasteiger partial charge in [0.15, 0.2) is 0 Å². The van der Waals surface area contributed by atoms with E-state index < -0.39 is 0 Å². The third-order valence-corrected chi connectivity index (χ3v) is 4.70. The van der Waals surface area contributed by atoms with Crippen LogP contribution in [0.4, 0.5) is 5.69 Å². The fraction of sp³-hybridized carbons (Fsp3) is 0.217. The SMILES string of the molecule is COc1cccc(-c2cc(OCc3c(C)cccc3N(C)N)ccc2OC)c1. The van der Waals surface area contributed by atoms with Crippen molar-refractivity contribution in [1.29, 1.82) is 0 Å². The van der Waals surface area contributed by atoms with Crippen molar-refractivity contribution >= 4 is 5.69 Å². The van der Waals surface area contributed by atoms with Gasteiger partial charge in [0.2, 0.25) is 0 Å². The van der Waals surface area contributed by atoms with Crippen molar-refractivity contribution in [1.82, 2.24) is 0 Å². The molecule has 0 saturated heterocycles. The van der Waals surface area contributed by atoms with Crippen LogP contribution in [0.25, 0.3) is 11.1 Å². The van der Waals surface area contributed by atoms with Gasteiger partial charge in [-0.1, -0.05) is 24.3 Å². The van der Waals surface area contributed by atoms with E-state index in [9.17, 15) is 0 Å². The molecule has 3 aromatic carbocycles. The number of hydrogen-bond acceptors (Lipinski definition) is 5. The lowest BCUT2D eigenvalue weighted by Crippen LogP contribution is -2.26. The molecule has 0 amide bonds. The molecule has 0 aromatic heterocycles. The molecule has 3 aromatic rings. The lowest BCUT2D eigenvalue weighted by atomic mass is 10.0. The summed E-state index contributed by atoms with van der Waals surface area (Å²) in [6.07, 6.45) is 0. The zero-order valence-electron chi connectivity index (χ0n) is 16.7. The van der Waals surface area contributed by atoms with Crippen LogP contribution in [0, 0.1) is 6.92 Å². The van der Waals surface area contributed by atoms with Gasteiger partial charge in [-0.2, -0.15) is 0 Å². The van der Waals surface area contributed by atoms with E-state index in [2.05, 4.69) is 13.0 Å². The number of methoxy groups -OCH3 is 2. The molecule has 0 fully saturated rings. The number of ether oxygens (including phenoxy) is 3. The van der Waals surface area contributed by atoms with Gasteiger partial charge in [0, 0.05) is 18.2 Å². The van der Waals surface area contributed by atoms with Gasteiger partial charge < -0.3 is 19.2 Å². The first-order valence-corrected chi connectivity index (χ1v) is 9.05. The van der Waals surface area contributed by atoms with E-state index in [4.69, 9.17) is 20.1 Å². The average Bonchev–Trinajstić information content (AvgIpc) is 2.72. The van der Waals surface area contributed by atoms with Crippen molar-refractivity contribution < 1.29 is 14.2 Å². The zero-order chi connectivity index (χ0) is 20.1. The highest BCUT2D eigenvalue weighted by Crippen LogP contribution is 2.35. The summed E-state index contributed by atoms with van der Waals surface area (Å²) in [7, 11) is 5.15. The van der Waals surface area contributed by atoms with Crippen LogP contribution in [0.3, 0.4) is 0 Å². The zero-order valence-corrected chi connectivity index (χ0v) is 16.7. The first kappa shape index (κ1) is 19.6. The summed E-state index contributed by atoms with van der Waals surface area (Å²) in [5, 5.41) is 1.61. The second kappa shape index (κ2) is 8.67. The van der Waals surface area contributed by atoms with E-state index >= 15 is 0 Å². The quantitative estimate of drug-likeness (QED) is 0.482. The standard InChI is InChI=1S/C23H26N2O3/c1-16-7-5-10-22(25(2)24)21(16)15-28-19-11-12-23(27-4)20(14-19)17-8-6-9-18(13-17)26-3/h5-14H,15,24H2,1-4H3. The molecule has 0 radical (unpaired) electrons. The van der Waals surface area contributed by atoms with Gasteiger partial charge in [0.25, 0.3) is 0 Å². The normalized spacial score (nSPS) is 10.5. The number of hydrazine groups is 1. The molecule has 0 bridgehead atoms. The Labute approximate surface area is 166 Å². The van der Waals surface area contributed by atoms with Crippen molar-refractivity contribution in [3.05, 3.63) is 71.8 Å². The van der Waals surface area contributed by atoms with Crippen molar-refractivity contribution in [3.8, 4) is 28.4 Å². The number of benzene rings is 3. The van der Waals surface area contributed by atoms with E-state index in [1.165, 1.54) is 0 Å². The highest BCUT2D eigenvalue weighted by atomic mass is 16.5. The average molecular weight is 378 g/mol. The van der Waals surface area contributed by atoms with Crippen LogP contribution < -0.4 is 25.1 Å². The summed E-state index contributed by atoms with van der Waals surface area (Å²) in [4.78, 5) is 0. The minimum Gasteiger partial charge on any atom is -0.497 e. The molecule has 0 aliphatic rings. The Bertz CT molecular complexity index is 954. The monoisotopic (exact) mass is 378 g/mol. The molecular weight excluding hydrogens is 352 g/mol. The van der Waals surface area contributed by atoms with Crippen LogP contribution in [0.15, 0.2) is 60.7 Å². The maximum atomic E-state index is 6.11. The predicted octanol–water partition coefficient (Wildman–Crippen LogP) is 4.57. The van der Waals surface area contributed by atoms with Crippen molar-refractivity contribution in [2.45, 2.75) is 13.5 Å². The van der Waals surface area contributed by atoms with Crippen molar-refractivity contribution in [3.63, 3.8) is 0 Å². The van der Waals surface area contributed by atoms with Crippen molar-refractivity contribution in [2.75, 3.05) is 26.3 Å². The van der Waals surface area contributed by atoms with E-state index in [0.717, 1.165) is 45.2 Å². The number of nitrogens with zero attached hydrogens (tertiary/aromatic N) is 1. The first-order chi connectivity index (χ1) is 13.5. The van der Waals surface area contributed by atoms with E-state index in [1.807, 2.05) is 61.6 Å². The van der Waals surface area contributed by atoms with Crippen LogP contribution in [0.1, 0.15) is 11.1 Å². The number of rotatable bonds is 7. The maximum Gasteiger partial charge on any atom is 0.126 e. The molecule has 0 heterocycles. The Morgan fingerprint density at radius 3 is 2.39 bits per heavy atom. The Morgan fingerprint density at radius 1 is 0.893 bits per heavy atom. The van der Waals surface area contributed by atoms with E-state index in [1.54, 1.807) is 19.2 Å². The van der Waals surface area contributed by atoms with Gasteiger partial charge >= 0.3 is 0 Å². The molecule has 0 atom stereocenters. The fourth-order valence-electron chi connectivity index (χ4n) is 3.15. The smallest absolute Gasteiger partial charge is 0.126 e. The van der Waals surface area contributed by atoms with Crippen LogP contribution in [0.5, 0.6) is 17.2 Å². The molecule has 5 heteroatoms. The molecule has 2 N–H and O–H groups in total. The second-order valence-electron chi connectivity index (χ2n) is 6.57. The van der Waals surface area contributed by atoms with Crippen LogP contribution in [-0.4, -0.2) is 21.3 Å². The fourth-order valence-corrected chi connectivity index (χ4v) is 3.15. The van der Waals surface area contributed by atoms with Crippen molar-refractivity contribution in [2.24, 2.45) is 5.84 Å². The van der Waals surface area contributed by atoms with Gasteiger partial charge in [-0.05, 0) is 54.4 Å². The highest BCUT2D eigenvalue weighted by Gasteiger charge is 2.12. The molecule has 0 saturated carbocycles. The number of aryl methyl sites for hydroxylation is 1. The minimum absolute atomic E-state index is 0.424. The number of nitrogens with two attached hydrogens (primary N) is 1. The summed E-state index contributed by atoms with van der Waals surface area (Å²) in [6.45, 7) is 2.48. The summed E-state index contributed by atoms with van der Waals surface area (Å²) < 4.78 is 17.0. The van der Waals surface area contributed by atoms with Gasteiger partial charge in [-0.3, -0.25) is 0 Å². The molecule has 0 aliphatic heterocycles. The molecular formula is C23H26N2O3. The molecule has 0 aliphatic carbocycles. The predicted molar refractivity (Wildman–Crippen MR) is 113 cm³/mol. The lowest BCUT2D eigenvalue weighted by molar-refractivity contribution is 0.305. The Kier molecular flexibility index (Phi) is 6.06. The molecule has 0 spiro atoms. The van der Waals surface area contributed by atoms with Crippen LogP contribution >= 0.6 is 0 Å². The number of hydrogen-bond donors (Lipinski definition) is 1. The molecule has 146 valence electrons. The third-order valence-electron chi connectivity index (χ3n) is 4.70. The van der Waals surface area contributed by atoms with E-state index in [-0.39, 0.29) is 0 Å². The number of anilines is 1. The van der Waals surface area contributed by atoms with Gasteiger partial charge in [-0.25, -0.2) is 5.84 Å². The Morgan fingerprint density at radius 2 is 1.68 bits per heavy atom. The Balaban J connectivity index is 1.91. The summed E-state index contributed by atoms with van der Waals surface area (Å²) in [5.41, 5.74) is 5.09. The van der Waals surface area contributed by atoms with Crippen LogP contribution in [0.2, 0.25) is 0 Å². The molecule has 0 unspecified atom stereocenters. The van der Waals surface area contributed by atoms with Crippen LogP contribution in [-0.2, 0) is 6.61 Å². The first-order valence-electron chi connectivity index (χ1n) is 9.05. The molecule has 28 heavy (non-hydrogen) atoms. The Hall–Kier alpha value is -3.18. The summed E-state index contributed by atoms with van der Waals surface area (Å²) >= 11 is 0. The topological polar surface area (TPSA) is 57.0 Å². The molecule has 3 rings (SSSR count). The van der Waals surface area contributed by atoms with E-state index in [0.29, 0.717) is 6.61 Å².